The quantitative estimate of drug-likeness (QED) is 0.850. The molecule has 3 rings (SSSR count). The molecular weight excluding hydrogens is 262 g/mol. The topological polar surface area (TPSA) is 52.0 Å². The van der Waals surface area contributed by atoms with Gasteiger partial charge in [0.25, 0.3) is 5.92 Å². The van der Waals surface area contributed by atoms with Crippen molar-refractivity contribution in [2.45, 2.75) is 18.8 Å². The van der Waals surface area contributed by atoms with E-state index in [1.165, 1.54) is 0 Å². The van der Waals surface area contributed by atoms with Crippen molar-refractivity contribution in [2.24, 2.45) is 5.41 Å². The molecule has 1 unspecified atom stereocenters. The lowest BCUT2D eigenvalue weighted by Crippen LogP contribution is -2.55. The first kappa shape index (κ1) is 13.3. The van der Waals surface area contributed by atoms with Crippen LogP contribution < -0.4 is 10.2 Å². The predicted molar refractivity (Wildman–Crippen MR) is 70.6 cm³/mol. The van der Waals surface area contributed by atoms with Crippen LogP contribution in [-0.2, 0) is 0 Å². The van der Waals surface area contributed by atoms with E-state index in [2.05, 4.69) is 10.3 Å². The molecule has 1 spiro atoms. The van der Waals surface area contributed by atoms with E-state index < -0.39 is 11.3 Å². The number of anilines is 1. The second-order valence-electron chi connectivity index (χ2n) is 5.58. The molecule has 0 bridgehead atoms. The Balaban J connectivity index is 1.84. The van der Waals surface area contributed by atoms with Crippen LogP contribution in [0.5, 0.6) is 0 Å². The van der Waals surface area contributed by atoms with Crippen molar-refractivity contribution in [3.63, 3.8) is 0 Å². The van der Waals surface area contributed by atoms with E-state index in [1.54, 1.807) is 18.2 Å². The maximum Gasteiger partial charge on any atom is 0.257 e. The van der Waals surface area contributed by atoms with E-state index in [4.69, 9.17) is 5.26 Å². The number of aromatic nitrogens is 1. The van der Waals surface area contributed by atoms with Crippen LogP contribution in [0.15, 0.2) is 18.2 Å². The molecule has 0 aliphatic carbocycles. The molecule has 1 N–H and O–H groups in total. The standard InChI is InChI=1S/C14H16F2N4/c15-14(16)4-6-18-9-13(14)5-7-20(10-13)12-3-1-2-11(8-17)19-12/h1-3,18H,4-7,9-10H2. The van der Waals surface area contributed by atoms with Gasteiger partial charge in [-0.1, -0.05) is 6.07 Å². The number of piperidine rings is 1. The van der Waals surface area contributed by atoms with Gasteiger partial charge in [-0.15, -0.1) is 0 Å². The molecule has 1 atom stereocenters. The highest BCUT2D eigenvalue weighted by atomic mass is 19.3. The highest BCUT2D eigenvalue weighted by molar-refractivity contribution is 5.43. The summed E-state index contributed by atoms with van der Waals surface area (Å²) in [4.78, 5) is 6.06. The summed E-state index contributed by atoms with van der Waals surface area (Å²) in [5.41, 5.74) is -0.688. The lowest BCUT2D eigenvalue weighted by Gasteiger charge is -2.41. The number of hydrogen-bond acceptors (Lipinski definition) is 4. The van der Waals surface area contributed by atoms with Crippen molar-refractivity contribution in [3.05, 3.63) is 23.9 Å². The largest absolute Gasteiger partial charge is 0.356 e. The van der Waals surface area contributed by atoms with E-state index in [-0.39, 0.29) is 13.0 Å². The van der Waals surface area contributed by atoms with Crippen LogP contribution in [0, 0.1) is 16.7 Å². The van der Waals surface area contributed by atoms with Crippen LogP contribution in [0.3, 0.4) is 0 Å². The van der Waals surface area contributed by atoms with Crippen molar-refractivity contribution in [2.75, 3.05) is 31.1 Å². The van der Waals surface area contributed by atoms with Gasteiger partial charge in [-0.05, 0) is 18.6 Å². The maximum absolute atomic E-state index is 14.3. The fourth-order valence-electron chi connectivity index (χ4n) is 3.14. The van der Waals surface area contributed by atoms with Gasteiger partial charge in [-0.2, -0.15) is 5.26 Å². The van der Waals surface area contributed by atoms with Crippen molar-refractivity contribution < 1.29 is 8.78 Å². The van der Waals surface area contributed by atoms with E-state index in [1.807, 2.05) is 11.0 Å². The molecule has 0 saturated carbocycles. The smallest absolute Gasteiger partial charge is 0.257 e. The van der Waals surface area contributed by atoms with Gasteiger partial charge >= 0.3 is 0 Å². The molecule has 1 aromatic heterocycles. The SMILES string of the molecule is N#Cc1cccc(N2CCC3(CNCCC3(F)F)C2)n1. The molecule has 6 heteroatoms. The number of nitriles is 1. The maximum atomic E-state index is 14.3. The zero-order chi connectivity index (χ0) is 14.2. The molecule has 4 nitrogen and oxygen atoms in total. The summed E-state index contributed by atoms with van der Waals surface area (Å²) in [6.07, 6.45) is 0.345. The van der Waals surface area contributed by atoms with Crippen molar-refractivity contribution in [1.82, 2.24) is 10.3 Å². The first-order chi connectivity index (χ1) is 9.56. The zero-order valence-corrected chi connectivity index (χ0v) is 11.1. The third kappa shape index (κ3) is 2.02. The Hall–Kier alpha value is -1.74. The Bertz CT molecular complexity index is 554. The lowest BCUT2D eigenvalue weighted by molar-refractivity contribution is -0.131. The third-order valence-corrected chi connectivity index (χ3v) is 4.38. The molecule has 2 aliphatic rings. The summed E-state index contributed by atoms with van der Waals surface area (Å²) in [6, 6.07) is 7.11. The molecular formula is C14H16F2N4. The van der Waals surface area contributed by atoms with Gasteiger partial charge in [0.15, 0.2) is 0 Å². The zero-order valence-electron chi connectivity index (χ0n) is 11.1. The number of rotatable bonds is 1. The van der Waals surface area contributed by atoms with Gasteiger partial charge in [-0.3, -0.25) is 0 Å². The minimum Gasteiger partial charge on any atom is -0.356 e. The van der Waals surface area contributed by atoms with E-state index in [0.29, 0.717) is 37.6 Å². The predicted octanol–water partition coefficient (Wildman–Crippen LogP) is 1.78. The highest BCUT2D eigenvalue weighted by Crippen LogP contribution is 2.48. The first-order valence-electron chi connectivity index (χ1n) is 6.77. The van der Waals surface area contributed by atoms with Crippen LogP contribution in [0.4, 0.5) is 14.6 Å². The number of nitrogens with zero attached hydrogens (tertiary/aromatic N) is 3. The number of pyridine rings is 1. The number of hydrogen-bond donors (Lipinski definition) is 1. The summed E-state index contributed by atoms with van der Waals surface area (Å²) in [6.45, 7) is 1.55. The Morgan fingerprint density at radius 3 is 2.95 bits per heavy atom. The Morgan fingerprint density at radius 2 is 2.20 bits per heavy atom. The van der Waals surface area contributed by atoms with Crippen LogP contribution in [0.2, 0.25) is 0 Å². The minimum absolute atomic E-state index is 0.105. The lowest BCUT2D eigenvalue weighted by atomic mass is 9.76. The number of nitrogens with one attached hydrogen (secondary N) is 1. The molecule has 0 aromatic carbocycles. The van der Waals surface area contributed by atoms with Gasteiger partial charge < -0.3 is 10.2 Å². The second-order valence-corrected chi connectivity index (χ2v) is 5.58. The van der Waals surface area contributed by atoms with E-state index in [0.717, 1.165) is 0 Å². The molecule has 2 saturated heterocycles. The van der Waals surface area contributed by atoms with E-state index >= 15 is 0 Å². The van der Waals surface area contributed by atoms with Crippen LogP contribution >= 0.6 is 0 Å². The summed E-state index contributed by atoms with van der Waals surface area (Å²) >= 11 is 0. The first-order valence-corrected chi connectivity index (χ1v) is 6.77. The van der Waals surface area contributed by atoms with Gasteiger partial charge in [-0.25, -0.2) is 13.8 Å². The fraction of sp³-hybridized carbons (Fsp3) is 0.571. The molecule has 3 heterocycles. The monoisotopic (exact) mass is 278 g/mol. The molecule has 2 aliphatic heterocycles. The highest BCUT2D eigenvalue weighted by Gasteiger charge is 2.57. The molecule has 106 valence electrons. The number of halogens is 2. The molecule has 1 aromatic rings. The summed E-state index contributed by atoms with van der Waals surface area (Å²) in [5.74, 6) is -2.03. The Morgan fingerprint density at radius 1 is 1.35 bits per heavy atom. The molecule has 20 heavy (non-hydrogen) atoms. The van der Waals surface area contributed by atoms with Crippen LogP contribution in [0.1, 0.15) is 18.5 Å². The fourth-order valence-corrected chi connectivity index (χ4v) is 3.14. The van der Waals surface area contributed by atoms with Crippen molar-refractivity contribution >= 4 is 5.82 Å². The average Bonchev–Trinajstić information content (AvgIpc) is 2.88. The number of alkyl halides is 2. The van der Waals surface area contributed by atoms with Crippen LogP contribution in [0.25, 0.3) is 0 Å². The van der Waals surface area contributed by atoms with Gasteiger partial charge in [0.2, 0.25) is 0 Å². The van der Waals surface area contributed by atoms with E-state index in [9.17, 15) is 8.78 Å². The van der Waals surface area contributed by atoms with Crippen LogP contribution in [-0.4, -0.2) is 37.1 Å². The van der Waals surface area contributed by atoms with Crippen molar-refractivity contribution in [1.29, 1.82) is 5.26 Å². The van der Waals surface area contributed by atoms with Gasteiger partial charge in [0.1, 0.15) is 17.6 Å². The van der Waals surface area contributed by atoms with Crippen molar-refractivity contribution in [3.8, 4) is 6.07 Å². The summed E-state index contributed by atoms with van der Waals surface area (Å²) in [7, 11) is 0. The summed E-state index contributed by atoms with van der Waals surface area (Å²) < 4.78 is 28.5. The molecule has 0 amide bonds. The molecule has 0 radical (unpaired) electrons. The third-order valence-electron chi connectivity index (χ3n) is 4.38. The summed E-state index contributed by atoms with van der Waals surface area (Å²) in [5, 5.41) is 12.0. The Labute approximate surface area is 116 Å². The average molecular weight is 278 g/mol. The Kier molecular flexibility index (Phi) is 3.09. The second kappa shape index (κ2) is 4.67. The normalized spacial score (nSPS) is 28.6. The van der Waals surface area contributed by atoms with Gasteiger partial charge in [0.05, 0.1) is 5.41 Å². The molecule has 2 fully saturated rings. The van der Waals surface area contributed by atoms with Gasteiger partial charge in [0, 0.05) is 32.6 Å². The minimum atomic E-state index is -2.64.